The van der Waals surface area contributed by atoms with Gasteiger partial charge < -0.3 is 19.9 Å². The van der Waals surface area contributed by atoms with Gasteiger partial charge in [0.25, 0.3) is 0 Å². The first kappa shape index (κ1) is 19.0. The first-order valence-electron chi connectivity index (χ1n) is 9.71. The number of ether oxygens (including phenoxy) is 2. The van der Waals surface area contributed by atoms with Gasteiger partial charge in [0.05, 0.1) is 5.41 Å². The number of carboxylic acids is 1. The van der Waals surface area contributed by atoms with E-state index in [1.165, 1.54) is 0 Å². The summed E-state index contributed by atoms with van der Waals surface area (Å²) < 4.78 is 11.8. The van der Waals surface area contributed by atoms with Crippen LogP contribution in [-0.2, 0) is 17.8 Å². The third kappa shape index (κ3) is 3.25. The van der Waals surface area contributed by atoms with Crippen molar-refractivity contribution < 1.29 is 19.4 Å². The molecule has 1 unspecified atom stereocenters. The second kappa shape index (κ2) is 6.79. The van der Waals surface area contributed by atoms with Crippen molar-refractivity contribution in [2.45, 2.75) is 43.9 Å². The molecule has 2 N–H and O–H groups in total. The lowest BCUT2D eigenvalue weighted by molar-refractivity contribution is -0.201. The van der Waals surface area contributed by atoms with Gasteiger partial charge in [0.2, 0.25) is 0 Å². The molecule has 0 spiro atoms. The maximum atomic E-state index is 11.3. The van der Waals surface area contributed by atoms with E-state index in [4.69, 9.17) is 32.7 Å². The summed E-state index contributed by atoms with van der Waals surface area (Å²) >= 11 is 12.4. The van der Waals surface area contributed by atoms with Gasteiger partial charge in [0.1, 0.15) is 24.7 Å². The lowest BCUT2D eigenvalue weighted by Crippen LogP contribution is -2.78. The SMILES string of the molecule is O=C(O)C12CC(NC3COc4cc(OCc5c(Cl)cccc5Cl)ccc4C3)(C1)C2. The van der Waals surface area contributed by atoms with Gasteiger partial charge in [-0.3, -0.25) is 4.79 Å². The Kier molecular flexibility index (Phi) is 4.46. The van der Waals surface area contributed by atoms with Gasteiger partial charge >= 0.3 is 5.97 Å². The van der Waals surface area contributed by atoms with Crippen LogP contribution >= 0.6 is 23.2 Å². The molecule has 1 heterocycles. The number of aliphatic carboxylic acids is 1. The zero-order chi connectivity index (χ0) is 20.2. The van der Waals surface area contributed by atoms with Crippen molar-refractivity contribution in [2.24, 2.45) is 5.41 Å². The molecule has 2 bridgehead atoms. The molecule has 0 amide bonds. The highest BCUT2D eigenvalue weighted by Gasteiger charge is 2.72. The molecule has 1 aliphatic heterocycles. The summed E-state index contributed by atoms with van der Waals surface area (Å²) in [6, 6.07) is 11.4. The van der Waals surface area contributed by atoms with Crippen LogP contribution in [0.3, 0.4) is 0 Å². The second-order valence-corrected chi connectivity index (χ2v) is 9.33. The van der Waals surface area contributed by atoms with E-state index in [0.29, 0.717) is 22.4 Å². The van der Waals surface area contributed by atoms with Crippen LogP contribution in [0.15, 0.2) is 36.4 Å². The highest BCUT2D eigenvalue weighted by molar-refractivity contribution is 6.35. The Morgan fingerprint density at radius 2 is 1.93 bits per heavy atom. The maximum absolute atomic E-state index is 11.3. The number of nitrogens with one attached hydrogen (secondary N) is 1. The van der Waals surface area contributed by atoms with Gasteiger partial charge in [-0.25, -0.2) is 0 Å². The van der Waals surface area contributed by atoms with Crippen molar-refractivity contribution in [3.8, 4) is 11.5 Å². The van der Waals surface area contributed by atoms with Crippen molar-refractivity contribution in [1.29, 1.82) is 0 Å². The Morgan fingerprint density at radius 3 is 2.62 bits per heavy atom. The van der Waals surface area contributed by atoms with E-state index in [1.54, 1.807) is 18.2 Å². The molecular weight excluding hydrogens is 413 g/mol. The van der Waals surface area contributed by atoms with Crippen LogP contribution in [0.5, 0.6) is 11.5 Å². The van der Waals surface area contributed by atoms with E-state index in [2.05, 4.69) is 5.32 Å². The molecule has 5 nitrogen and oxygen atoms in total. The number of rotatable bonds is 6. The van der Waals surface area contributed by atoms with Crippen molar-refractivity contribution in [2.75, 3.05) is 6.61 Å². The number of carboxylic acid groups (broad SMARTS) is 1. The molecule has 0 radical (unpaired) electrons. The molecule has 1 atom stereocenters. The molecule has 2 aromatic carbocycles. The Bertz CT molecular complexity index is 953. The normalized spacial score (nSPS) is 29.1. The lowest BCUT2D eigenvalue weighted by Gasteiger charge is -2.69. The zero-order valence-corrected chi connectivity index (χ0v) is 17.2. The van der Waals surface area contributed by atoms with Gasteiger partial charge in [-0.05, 0) is 49.4 Å². The third-order valence-corrected chi connectivity index (χ3v) is 7.09. The van der Waals surface area contributed by atoms with E-state index in [1.807, 2.05) is 18.2 Å². The molecule has 4 aliphatic rings. The lowest BCUT2D eigenvalue weighted by atomic mass is 9.39. The summed E-state index contributed by atoms with van der Waals surface area (Å²) in [5.41, 5.74) is 1.42. The average Bonchev–Trinajstić information content (AvgIpc) is 2.62. The van der Waals surface area contributed by atoms with Crippen molar-refractivity contribution >= 4 is 29.2 Å². The molecule has 2 aromatic rings. The molecule has 0 saturated heterocycles. The third-order valence-electron chi connectivity index (χ3n) is 6.38. The topological polar surface area (TPSA) is 67.8 Å². The highest BCUT2D eigenvalue weighted by Crippen LogP contribution is 2.67. The van der Waals surface area contributed by atoms with Crippen LogP contribution in [0.4, 0.5) is 0 Å². The summed E-state index contributed by atoms with van der Waals surface area (Å²) in [4.78, 5) is 11.3. The summed E-state index contributed by atoms with van der Waals surface area (Å²) in [6.45, 7) is 0.851. The second-order valence-electron chi connectivity index (χ2n) is 8.51. The first-order chi connectivity index (χ1) is 13.9. The van der Waals surface area contributed by atoms with Gasteiger partial charge in [-0.15, -0.1) is 0 Å². The van der Waals surface area contributed by atoms with E-state index in [9.17, 15) is 9.90 Å². The van der Waals surface area contributed by atoms with Gasteiger partial charge in [0.15, 0.2) is 0 Å². The fourth-order valence-electron chi connectivity index (χ4n) is 4.96. The molecular formula is C22H21Cl2NO4. The zero-order valence-electron chi connectivity index (χ0n) is 15.7. The highest BCUT2D eigenvalue weighted by atomic mass is 35.5. The number of carbonyl (C=O) groups is 1. The number of fused-ring (bicyclic) bond motifs is 1. The molecule has 152 valence electrons. The fraction of sp³-hybridized carbons (Fsp3) is 0.409. The van der Waals surface area contributed by atoms with Gasteiger partial charge in [-0.1, -0.05) is 35.3 Å². The molecule has 6 rings (SSSR count). The van der Waals surface area contributed by atoms with Crippen molar-refractivity contribution in [3.05, 3.63) is 57.6 Å². The summed E-state index contributed by atoms with van der Waals surface area (Å²) in [6.07, 6.45) is 3.05. The quantitative estimate of drug-likeness (QED) is 0.702. The van der Waals surface area contributed by atoms with E-state index < -0.39 is 11.4 Å². The Hall–Kier alpha value is -1.95. The number of benzene rings is 2. The van der Waals surface area contributed by atoms with Crippen LogP contribution in [0, 0.1) is 5.41 Å². The van der Waals surface area contributed by atoms with Crippen molar-refractivity contribution in [3.63, 3.8) is 0 Å². The van der Waals surface area contributed by atoms with E-state index in [-0.39, 0.29) is 18.2 Å². The van der Waals surface area contributed by atoms with Gasteiger partial charge in [0, 0.05) is 33.3 Å². The predicted octanol–water partition coefficient (Wildman–Crippen LogP) is 4.47. The molecule has 3 aliphatic carbocycles. The van der Waals surface area contributed by atoms with Crippen LogP contribution in [0.25, 0.3) is 0 Å². The van der Waals surface area contributed by atoms with Crippen molar-refractivity contribution in [1.82, 2.24) is 5.32 Å². The van der Waals surface area contributed by atoms with Crippen LogP contribution in [0.2, 0.25) is 10.0 Å². The minimum Gasteiger partial charge on any atom is -0.492 e. The summed E-state index contributed by atoms with van der Waals surface area (Å²) in [5, 5.41) is 14.1. The predicted molar refractivity (Wildman–Crippen MR) is 110 cm³/mol. The largest absolute Gasteiger partial charge is 0.492 e. The maximum Gasteiger partial charge on any atom is 0.309 e. The summed E-state index contributed by atoms with van der Waals surface area (Å²) in [5.74, 6) is 0.872. The van der Waals surface area contributed by atoms with Crippen LogP contribution in [-0.4, -0.2) is 29.3 Å². The minimum atomic E-state index is -0.656. The summed E-state index contributed by atoms with van der Waals surface area (Å²) in [7, 11) is 0. The fourth-order valence-corrected chi connectivity index (χ4v) is 5.47. The van der Waals surface area contributed by atoms with E-state index in [0.717, 1.165) is 42.6 Å². The number of hydrogen-bond donors (Lipinski definition) is 2. The molecule has 3 fully saturated rings. The Labute approximate surface area is 178 Å². The first-order valence-corrected chi connectivity index (χ1v) is 10.5. The van der Waals surface area contributed by atoms with Gasteiger partial charge in [-0.2, -0.15) is 0 Å². The molecule has 0 aromatic heterocycles. The molecule has 29 heavy (non-hydrogen) atoms. The Balaban J connectivity index is 1.20. The number of hydrogen-bond acceptors (Lipinski definition) is 4. The van der Waals surface area contributed by atoms with E-state index >= 15 is 0 Å². The van der Waals surface area contributed by atoms with Crippen LogP contribution < -0.4 is 14.8 Å². The number of halogens is 2. The molecule has 3 saturated carbocycles. The smallest absolute Gasteiger partial charge is 0.309 e. The molecule has 7 heteroatoms. The Morgan fingerprint density at radius 1 is 1.21 bits per heavy atom. The minimum absolute atomic E-state index is 0.00118. The monoisotopic (exact) mass is 433 g/mol. The standard InChI is InChI=1S/C22H21Cl2NO4/c23-17-2-1-3-18(24)16(17)9-28-15-5-4-13-6-14(8-29-19(13)7-15)25-22-10-21(11-22,12-22)20(26)27/h1-5,7,14,25H,6,8-12H2,(H,26,27). The average molecular weight is 434 g/mol. The van der Waals surface area contributed by atoms with Crippen LogP contribution in [0.1, 0.15) is 30.4 Å².